The van der Waals surface area contributed by atoms with Crippen molar-refractivity contribution in [3.63, 3.8) is 0 Å². The van der Waals surface area contributed by atoms with E-state index in [1.165, 1.54) is 19.3 Å². The maximum atomic E-state index is 5.76. The second kappa shape index (κ2) is 7.48. The topological polar surface area (TPSA) is 47.0 Å². The molecule has 1 aliphatic rings. The van der Waals surface area contributed by atoms with Crippen molar-refractivity contribution in [3.05, 3.63) is 10.0 Å². The predicted octanol–water partition coefficient (Wildman–Crippen LogP) is 2.97. The minimum atomic E-state index is 0.199. The Bertz CT molecular complexity index is 394. The van der Waals surface area contributed by atoms with Crippen LogP contribution in [-0.4, -0.2) is 35.0 Å². The van der Waals surface area contributed by atoms with Crippen LogP contribution in [0.25, 0.3) is 0 Å². The Hall–Kier alpha value is -0.520. The molecule has 1 atom stereocenters. The summed E-state index contributed by atoms with van der Waals surface area (Å²) in [6.45, 7) is 8.53. The molecule has 0 aromatic carbocycles. The summed E-state index contributed by atoms with van der Waals surface area (Å²) in [7, 11) is 0. The number of ether oxygens (including phenoxy) is 1. The van der Waals surface area contributed by atoms with Crippen molar-refractivity contribution in [2.24, 2.45) is 0 Å². The average Bonchev–Trinajstić information content (AvgIpc) is 2.82. The highest BCUT2D eigenvalue weighted by molar-refractivity contribution is 7.11. The van der Waals surface area contributed by atoms with Gasteiger partial charge in [0.1, 0.15) is 10.0 Å². The van der Waals surface area contributed by atoms with Gasteiger partial charge in [-0.2, -0.15) is 0 Å². The third-order valence-electron chi connectivity index (χ3n) is 3.41. The summed E-state index contributed by atoms with van der Waals surface area (Å²) in [5.74, 6) is 0. The number of hydrogen-bond acceptors (Lipinski definition) is 5. The number of hydrogen-bond donors (Lipinski definition) is 1. The van der Waals surface area contributed by atoms with Gasteiger partial charge in [-0.05, 0) is 53.0 Å². The highest BCUT2D eigenvalue weighted by atomic mass is 32.1. The van der Waals surface area contributed by atoms with Crippen LogP contribution < -0.4 is 5.32 Å². The third kappa shape index (κ3) is 5.85. The number of nitrogens with one attached hydrogen (secondary N) is 1. The minimum Gasteiger partial charge on any atom is -0.378 e. The van der Waals surface area contributed by atoms with E-state index in [1.807, 2.05) is 0 Å². The number of aryl methyl sites for hydroxylation is 1. The number of aromatic nitrogens is 2. The first-order valence-electron chi connectivity index (χ1n) is 7.71. The molecule has 4 nitrogen and oxygen atoms in total. The van der Waals surface area contributed by atoms with Gasteiger partial charge in [-0.25, -0.2) is 0 Å². The van der Waals surface area contributed by atoms with Gasteiger partial charge >= 0.3 is 0 Å². The molecular weight excluding hydrogens is 270 g/mol. The first-order valence-corrected chi connectivity index (χ1v) is 8.52. The van der Waals surface area contributed by atoms with Gasteiger partial charge in [-0.3, -0.25) is 0 Å². The fraction of sp³-hybridized carbons (Fsp3) is 0.867. The molecule has 1 aliphatic heterocycles. The maximum Gasteiger partial charge on any atom is 0.120 e. The van der Waals surface area contributed by atoms with E-state index < -0.39 is 0 Å². The van der Waals surface area contributed by atoms with Crippen LogP contribution in [-0.2, 0) is 17.6 Å². The first kappa shape index (κ1) is 15.9. The number of nitrogens with zero attached hydrogens (tertiary/aromatic N) is 2. The van der Waals surface area contributed by atoms with Crippen LogP contribution in [0.4, 0.5) is 0 Å². The molecule has 0 aliphatic carbocycles. The van der Waals surface area contributed by atoms with Crippen molar-refractivity contribution < 1.29 is 4.74 Å². The van der Waals surface area contributed by atoms with Crippen LogP contribution >= 0.6 is 11.3 Å². The molecule has 0 amide bonds. The quantitative estimate of drug-likeness (QED) is 0.820. The molecule has 1 N–H and O–H groups in total. The van der Waals surface area contributed by atoms with Crippen molar-refractivity contribution in [3.8, 4) is 0 Å². The molecular formula is C15H27N3OS. The molecule has 1 unspecified atom stereocenters. The maximum absolute atomic E-state index is 5.76. The highest BCUT2D eigenvalue weighted by Crippen LogP contribution is 2.20. The van der Waals surface area contributed by atoms with E-state index in [0.717, 1.165) is 42.4 Å². The molecule has 1 aromatic rings. The van der Waals surface area contributed by atoms with Gasteiger partial charge < -0.3 is 10.1 Å². The molecule has 1 fully saturated rings. The van der Waals surface area contributed by atoms with E-state index in [4.69, 9.17) is 4.74 Å². The van der Waals surface area contributed by atoms with E-state index in [0.29, 0.717) is 6.10 Å². The molecule has 0 radical (unpaired) electrons. The fourth-order valence-corrected chi connectivity index (χ4v) is 3.29. The average molecular weight is 297 g/mol. The van der Waals surface area contributed by atoms with Gasteiger partial charge in [-0.1, -0.05) is 0 Å². The van der Waals surface area contributed by atoms with E-state index >= 15 is 0 Å². The van der Waals surface area contributed by atoms with E-state index in [2.05, 4.69) is 36.3 Å². The van der Waals surface area contributed by atoms with Crippen LogP contribution in [0.5, 0.6) is 0 Å². The Labute approximate surface area is 126 Å². The smallest absolute Gasteiger partial charge is 0.120 e. The Morgan fingerprint density at radius 2 is 2.05 bits per heavy atom. The zero-order valence-corrected chi connectivity index (χ0v) is 13.8. The fourth-order valence-electron chi connectivity index (χ4n) is 2.34. The summed E-state index contributed by atoms with van der Waals surface area (Å²) in [6, 6.07) is 0. The Balaban J connectivity index is 1.69. The second-order valence-corrected chi connectivity index (χ2v) is 7.71. The molecule has 1 saturated heterocycles. The van der Waals surface area contributed by atoms with Gasteiger partial charge in [0.25, 0.3) is 0 Å². The Kier molecular flexibility index (Phi) is 5.93. The van der Waals surface area contributed by atoms with Gasteiger partial charge in [0, 0.05) is 25.0 Å². The lowest BCUT2D eigenvalue weighted by molar-refractivity contribution is 0.0167. The van der Waals surface area contributed by atoms with Crippen LogP contribution in [0.3, 0.4) is 0 Å². The summed E-state index contributed by atoms with van der Waals surface area (Å²) in [6.07, 6.45) is 7.11. The van der Waals surface area contributed by atoms with Crippen LogP contribution in [0.1, 0.15) is 56.5 Å². The predicted molar refractivity (Wildman–Crippen MR) is 83.3 cm³/mol. The summed E-state index contributed by atoms with van der Waals surface area (Å²) >= 11 is 1.75. The van der Waals surface area contributed by atoms with E-state index in [9.17, 15) is 0 Å². The van der Waals surface area contributed by atoms with Gasteiger partial charge in [0.2, 0.25) is 0 Å². The minimum absolute atomic E-state index is 0.199. The standard InChI is InChI=1S/C15H27N3OS/c1-15(2,3)16-9-6-8-13-17-18-14(20-13)11-12-7-4-5-10-19-12/h12,16H,4-11H2,1-3H3. The molecule has 5 heteroatoms. The van der Waals surface area contributed by atoms with Crippen LogP contribution in [0, 0.1) is 0 Å². The molecule has 0 bridgehead atoms. The molecule has 2 heterocycles. The molecule has 114 valence electrons. The normalized spacial score (nSPS) is 20.2. The van der Waals surface area contributed by atoms with Crippen molar-refractivity contribution >= 4 is 11.3 Å². The van der Waals surface area contributed by atoms with Gasteiger partial charge in [0.05, 0.1) is 6.10 Å². The SMILES string of the molecule is CC(C)(C)NCCCc1nnc(CC2CCCCO2)s1. The van der Waals surface area contributed by atoms with Crippen molar-refractivity contribution in [1.29, 1.82) is 0 Å². The van der Waals surface area contributed by atoms with Crippen molar-refractivity contribution in [1.82, 2.24) is 15.5 Å². The zero-order valence-electron chi connectivity index (χ0n) is 12.9. The van der Waals surface area contributed by atoms with Crippen molar-refractivity contribution in [2.75, 3.05) is 13.2 Å². The summed E-state index contributed by atoms with van der Waals surface area (Å²) in [4.78, 5) is 0. The second-order valence-electron chi connectivity index (χ2n) is 6.56. The van der Waals surface area contributed by atoms with Gasteiger partial charge in [0.15, 0.2) is 0 Å². The number of rotatable bonds is 6. The van der Waals surface area contributed by atoms with Crippen LogP contribution in [0.15, 0.2) is 0 Å². The van der Waals surface area contributed by atoms with Gasteiger partial charge in [-0.15, -0.1) is 21.5 Å². The summed E-state index contributed by atoms with van der Waals surface area (Å²) in [5, 5.41) is 14.4. The third-order valence-corrected chi connectivity index (χ3v) is 4.41. The molecule has 2 rings (SSSR count). The monoisotopic (exact) mass is 297 g/mol. The summed E-state index contributed by atoms with van der Waals surface area (Å²) in [5.41, 5.74) is 0.199. The Morgan fingerprint density at radius 3 is 2.75 bits per heavy atom. The Morgan fingerprint density at radius 1 is 1.25 bits per heavy atom. The van der Waals surface area contributed by atoms with Crippen molar-refractivity contribution in [2.45, 2.75) is 70.9 Å². The molecule has 0 spiro atoms. The molecule has 20 heavy (non-hydrogen) atoms. The van der Waals surface area contributed by atoms with E-state index in [-0.39, 0.29) is 5.54 Å². The largest absolute Gasteiger partial charge is 0.378 e. The summed E-state index contributed by atoms with van der Waals surface area (Å²) < 4.78 is 5.76. The van der Waals surface area contributed by atoms with E-state index in [1.54, 1.807) is 11.3 Å². The lowest BCUT2D eigenvalue weighted by Crippen LogP contribution is -2.36. The zero-order chi connectivity index (χ0) is 14.4. The lowest BCUT2D eigenvalue weighted by atomic mass is 10.1. The lowest BCUT2D eigenvalue weighted by Gasteiger charge is -2.21. The van der Waals surface area contributed by atoms with Crippen LogP contribution in [0.2, 0.25) is 0 Å². The first-order chi connectivity index (χ1) is 9.53. The molecule has 0 saturated carbocycles. The molecule has 1 aromatic heterocycles. The highest BCUT2D eigenvalue weighted by Gasteiger charge is 2.17.